The van der Waals surface area contributed by atoms with Crippen molar-refractivity contribution in [2.75, 3.05) is 7.11 Å². The molecule has 1 aliphatic carbocycles. The maximum atomic E-state index is 11.3. The van der Waals surface area contributed by atoms with Crippen LogP contribution in [0.2, 0.25) is 18.1 Å². The van der Waals surface area contributed by atoms with Crippen molar-refractivity contribution in [2.45, 2.75) is 115 Å². The van der Waals surface area contributed by atoms with E-state index >= 15 is 0 Å². The lowest BCUT2D eigenvalue weighted by atomic mass is 9.82. The van der Waals surface area contributed by atoms with Crippen molar-refractivity contribution in [1.82, 2.24) is 0 Å². The van der Waals surface area contributed by atoms with Gasteiger partial charge in [0.15, 0.2) is 8.32 Å². The first-order valence-electron chi connectivity index (χ1n) is 13.4. The van der Waals surface area contributed by atoms with Crippen LogP contribution in [0.15, 0.2) is 36.4 Å². The Morgan fingerprint density at radius 2 is 1.75 bits per heavy atom. The van der Waals surface area contributed by atoms with Crippen LogP contribution in [0.4, 0.5) is 0 Å². The molecular weight excluding hydrogens is 488 g/mol. The maximum absolute atomic E-state index is 11.3. The van der Waals surface area contributed by atoms with E-state index in [4.69, 9.17) is 20.8 Å². The number of carbonyl (C=O) groups excluding carboxylic acids is 1. The van der Waals surface area contributed by atoms with Gasteiger partial charge in [0.1, 0.15) is 0 Å². The first kappa shape index (κ1) is 31.1. The number of methoxy groups -OCH3 is 1. The molecule has 4 nitrogen and oxygen atoms in total. The summed E-state index contributed by atoms with van der Waals surface area (Å²) in [4.78, 5) is 11.3. The highest BCUT2D eigenvalue weighted by Crippen LogP contribution is 2.49. The molecule has 0 bridgehead atoms. The van der Waals surface area contributed by atoms with Gasteiger partial charge in [-0.15, -0.1) is 11.6 Å². The molecule has 0 radical (unpaired) electrons. The molecule has 0 heterocycles. The number of benzene rings is 1. The van der Waals surface area contributed by atoms with Crippen LogP contribution in [0.1, 0.15) is 96.8 Å². The summed E-state index contributed by atoms with van der Waals surface area (Å²) in [6, 6.07) is 8.46. The highest BCUT2D eigenvalue weighted by atomic mass is 35.5. The number of hydrogen-bond acceptors (Lipinski definition) is 4. The average molecular weight is 537 g/mol. The molecule has 1 unspecified atom stereocenters. The third-order valence-corrected chi connectivity index (χ3v) is 13.1. The molecule has 0 aliphatic heterocycles. The summed E-state index contributed by atoms with van der Waals surface area (Å²) < 4.78 is 11.7. The fraction of sp³-hybridized carbons (Fsp3) is 0.700. The molecule has 204 valence electrons. The average Bonchev–Trinajstić information content (AvgIpc) is 3.07. The Hall–Kier alpha value is -1.14. The topological polar surface area (TPSA) is 55.8 Å². The molecule has 6 heteroatoms. The number of carbonyl (C=O) groups is 1. The number of ether oxygens (including phenoxy) is 1. The number of hydrogen-bond donors (Lipinski definition) is 1. The predicted octanol–water partition coefficient (Wildman–Crippen LogP) is 8.16. The van der Waals surface area contributed by atoms with E-state index in [0.717, 1.165) is 31.2 Å². The second-order valence-electron chi connectivity index (χ2n) is 13.0. The molecule has 5 atom stereocenters. The molecule has 1 aliphatic rings. The third kappa shape index (κ3) is 8.18. The zero-order valence-electron chi connectivity index (χ0n) is 23.9. The minimum absolute atomic E-state index is 0.0318. The van der Waals surface area contributed by atoms with E-state index in [1.165, 1.54) is 12.7 Å². The maximum Gasteiger partial charge on any atom is 0.305 e. The van der Waals surface area contributed by atoms with Gasteiger partial charge < -0.3 is 14.3 Å². The number of allylic oxidation sites excluding steroid dienone is 2. The van der Waals surface area contributed by atoms with E-state index in [2.05, 4.69) is 91.1 Å². The Morgan fingerprint density at radius 1 is 1.14 bits per heavy atom. The van der Waals surface area contributed by atoms with Gasteiger partial charge in [-0.05, 0) is 66.3 Å². The van der Waals surface area contributed by atoms with Gasteiger partial charge in [0.25, 0.3) is 0 Å². The number of esters is 1. The quantitative estimate of drug-likeness (QED) is 0.108. The molecule has 1 aromatic carbocycles. The summed E-state index contributed by atoms with van der Waals surface area (Å²) in [6.07, 6.45) is 7.74. The normalized spacial score (nSPS) is 24.3. The second-order valence-corrected chi connectivity index (χ2v) is 18.3. The summed E-state index contributed by atoms with van der Waals surface area (Å²) in [5.74, 6) is 0.296. The predicted molar refractivity (Wildman–Crippen MR) is 153 cm³/mol. The SMILES string of the molecule is COC(=O)CCCC=CC[C@@H]1[C@@H](c2ccc(C(O)C(C)(C)C)cc2)[C@H](O[Si](C)(C)C(C)(C)C)C[C@H]1Cl. The highest BCUT2D eigenvalue weighted by molar-refractivity contribution is 6.74. The molecule has 36 heavy (non-hydrogen) atoms. The lowest BCUT2D eigenvalue weighted by molar-refractivity contribution is -0.140. The molecule has 1 N–H and O–H groups in total. The Bertz CT molecular complexity index is 866. The van der Waals surface area contributed by atoms with Gasteiger partial charge in [-0.2, -0.15) is 0 Å². The van der Waals surface area contributed by atoms with Crippen molar-refractivity contribution in [1.29, 1.82) is 0 Å². The van der Waals surface area contributed by atoms with Crippen LogP contribution in [-0.4, -0.2) is 38.0 Å². The van der Waals surface area contributed by atoms with E-state index in [1.807, 2.05) is 0 Å². The molecule has 1 fully saturated rings. The van der Waals surface area contributed by atoms with Gasteiger partial charge in [-0.3, -0.25) is 4.79 Å². The summed E-state index contributed by atoms with van der Waals surface area (Å²) >= 11 is 7.00. The lowest BCUT2D eigenvalue weighted by Crippen LogP contribution is -2.44. The number of aliphatic hydroxyl groups is 1. The van der Waals surface area contributed by atoms with Crippen LogP contribution in [-0.2, 0) is 14.0 Å². The number of halogens is 1. The molecule has 0 spiro atoms. The fourth-order valence-electron chi connectivity index (χ4n) is 4.71. The van der Waals surface area contributed by atoms with Crippen LogP contribution in [0.3, 0.4) is 0 Å². The Balaban J connectivity index is 2.27. The number of rotatable bonds is 10. The minimum Gasteiger partial charge on any atom is -0.469 e. The van der Waals surface area contributed by atoms with E-state index in [9.17, 15) is 9.90 Å². The van der Waals surface area contributed by atoms with E-state index in [1.54, 1.807) is 0 Å². The first-order valence-corrected chi connectivity index (χ1v) is 16.7. The number of aliphatic hydroxyl groups excluding tert-OH is 1. The molecular formula is C30H49ClO4Si. The van der Waals surface area contributed by atoms with Crippen LogP contribution >= 0.6 is 11.6 Å². The smallest absolute Gasteiger partial charge is 0.305 e. The second kappa shape index (κ2) is 12.6. The van der Waals surface area contributed by atoms with E-state index in [-0.39, 0.29) is 39.7 Å². The standard InChI is InChI=1S/C30H49ClO4Si/c1-29(2,3)28(33)22-18-16-21(17-19-22)27-23(14-12-10-11-13-15-26(32)34-7)24(31)20-25(27)35-36(8,9)30(4,5)6/h10,12,16-19,23-25,27-28,33H,11,13-15,20H2,1-9H3/t23-,24+,25+,27+,28?/m0/s1. The molecule has 0 amide bonds. The lowest BCUT2D eigenvalue weighted by Gasteiger charge is -2.40. The number of unbranched alkanes of at least 4 members (excludes halogenated alkanes) is 1. The van der Waals surface area contributed by atoms with Crippen molar-refractivity contribution in [3.8, 4) is 0 Å². The van der Waals surface area contributed by atoms with Crippen LogP contribution < -0.4 is 0 Å². The van der Waals surface area contributed by atoms with Gasteiger partial charge in [-0.1, -0.05) is 78.0 Å². The van der Waals surface area contributed by atoms with Crippen molar-refractivity contribution in [2.24, 2.45) is 11.3 Å². The first-order chi connectivity index (χ1) is 16.6. The van der Waals surface area contributed by atoms with Crippen LogP contribution in [0.25, 0.3) is 0 Å². The van der Waals surface area contributed by atoms with Crippen molar-refractivity contribution < 1.29 is 19.1 Å². The minimum atomic E-state index is -1.98. The van der Waals surface area contributed by atoms with E-state index < -0.39 is 14.4 Å². The molecule has 2 rings (SSSR count). The van der Waals surface area contributed by atoms with Gasteiger partial charge >= 0.3 is 5.97 Å². The summed E-state index contributed by atoms with van der Waals surface area (Å²) in [6.45, 7) is 17.6. The molecule has 0 saturated heterocycles. The Morgan fingerprint density at radius 3 is 2.28 bits per heavy atom. The largest absolute Gasteiger partial charge is 0.469 e. The van der Waals surface area contributed by atoms with Gasteiger partial charge in [0.2, 0.25) is 0 Å². The van der Waals surface area contributed by atoms with Gasteiger partial charge in [0, 0.05) is 17.7 Å². The third-order valence-electron chi connectivity index (χ3n) is 8.05. The van der Waals surface area contributed by atoms with Crippen molar-refractivity contribution in [3.63, 3.8) is 0 Å². The summed E-state index contributed by atoms with van der Waals surface area (Å²) in [5, 5.41) is 10.9. The van der Waals surface area contributed by atoms with Gasteiger partial charge in [0.05, 0.1) is 19.3 Å². The summed E-state index contributed by atoms with van der Waals surface area (Å²) in [5.41, 5.74) is 1.96. The molecule has 1 saturated carbocycles. The van der Waals surface area contributed by atoms with Crippen molar-refractivity contribution in [3.05, 3.63) is 47.5 Å². The van der Waals surface area contributed by atoms with Crippen LogP contribution in [0, 0.1) is 11.3 Å². The van der Waals surface area contributed by atoms with Crippen molar-refractivity contribution >= 4 is 25.9 Å². The summed E-state index contributed by atoms with van der Waals surface area (Å²) in [7, 11) is -0.553. The molecule has 0 aromatic heterocycles. The fourth-order valence-corrected chi connectivity index (χ4v) is 6.50. The van der Waals surface area contributed by atoms with Crippen LogP contribution in [0.5, 0.6) is 0 Å². The molecule has 1 aromatic rings. The number of alkyl halides is 1. The van der Waals surface area contributed by atoms with E-state index in [0.29, 0.717) is 6.42 Å². The Labute approximate surface area is 225 Å². The zero-order chi connectivity index (χ0) is 27.3. The monoisotopic (exact) mass is 536 g/mol. The van der Waals surface area contributed by atoms with Gasteiger partial charge in [-0.25, -0.2) is 0 Å². The Kier molecular flexibility index (Phi) is 10.9. The highest BCUT2D eigenvalue weighted by Gasteiger charge is 2.48. The zero-order valence-corrected chi connectivity index (χ0v) is 25.7.